The van der Waals surface area contributed by atoms with Crippen molar-refractivity contribution in [3.05, 3.63) is 72.6 Å². The van der Waals surface area contributed by atoms with Crippen LogP contribution in [0.1, 0.15) is 30.0 Å². The largest absolute Gasteiger partial charge is 0.458 e. The highest BCUT2D eigenvalue weighted by Gasteiger charge is 2.44. The summed E-state index contributed by atoms with van der Waals surface area (Å²) in [5, 5.41) is 10.8. The van der Waals surface area contributed by atoms with E-state index in [4.69, 9.17) is 9.47 Å². The zero-order chi connectivity index (χ0) is 24.2. The molecule has 176 valence electrons. The van der Waals surface area contributed by atoms with Gasteiger partial charge in [0.25, 0.3) is 5.56 Å². The normalized spacial score (nSPS) is 22.1. The van der Waals surface area contributed by atoms with Gasteiger partial charge in [0.15, 0.2) is 5.60 Å². The average molecular weight is 578 g/mol. The molecular formula is C24H20FIN2O6. The number of pyridine rings is 1. The van der Waals surface area contributed by atoms with Crippen molar-refractivity contribution in [3.63, 3.8) is 0 Å². The average Bonchev–Trinajstić information content (AvgIpc) is 2.79. The van der Waals surface area contributed by atoms with E-state index in [1.807, 2.05) is 33.4 Å². The van der Waals surface area contributed by atoms with Crippen LogP contribution in [0.3, 0.4) is 0 Å². The molecule has 1 atom stereocenters. The third-order valence-electron chi connectivity index (χ3n) is 6.57. The van der Waals surface area contributed by atoms with Gasteiger partial charge >= 0.3 is 5.97 Å². The lowest BCUT2D eigenvalue weighted by molar-refractivity contribution is -0.172. The van der Waals surface area contributed by atoms with Crippen molar-refractivity contribution in [2.24, 2.45) is 0 Å². The van der Waals surface area contributed by atoms with Crippen LogP contribution in [-0.4, -0.2) is 40.8 Å². The number of ether oxygens (including phenoxy) is 2. The molecule has 1 aromatic carbocycles. The standard InChI is InChI=1S/C24H20FIN2O6/c1-2-24(32)18-5-6-27(22(30)17(18)12-34-23(24)31)8-20-21(26)16(9-29)15-7-13(25)3-4-19(15)28(20)14-10-33-11-14/h3-7,14,32H,2,8,10-12H2,1H3/t24-/m0/s1. The molecule has 3 aliphatic heterocycles. The quantitative estimate of drug-likeness (QED) is 0.338. The van der Waals surface area contributed by atoms with Crippen LogP contribution in [0.2, 0.25) is 0 Å². The second-order valence-corrected chi connectivity index (χ2v) is 9.47. The first-order valence-corrected chi connectivity index (χ1v) is 11.8. The monoisotopic (exact) mass is 578 g/mol. The minimum absolute atomic E-state index is 0.0448. The lowest BCUT2D eigenvalue weighted by atomic mass is 9.87. The van der Waals surface area contributed by atoms with Gasteiger partial charge in [-0.25, -0.2) is 14.0 Å². The lowest BCUT2D eigenvalue weighted by Gasteiger charge is -2.43. The second-order valence-electron chi connectivity index (χ2n) is 8.39. The summed E-state index contributed by atoms with van der Waals surface area (Å²) in [7, 11) is 0. The predicted molar refractivity (Wildman–Crippen MR) is 128 cm³/mol. The van der Waals surface area contributed by atoms with Gasteiger partial charge in [-0.15, -0.1) is 0 Å². The maximum absolute atomic E-state index is 14.0. The Bertz CT molecular complexity index is 1360. The fraction of sp³-hybridized carbons (Fsp3) is 0.333. The molecule has 0 bridgehead atoms. The van der Waals surface area contributed by atoms with Crippen LogP contribution in [0.25, 0.3) is 5.57 Å². The SMILES string of the molecule is CC[C@@]1(O)C(=O)OCc2c1ccn(CC1=C(I)C(=C=O)c3cc(F)ccc3N1C1COC1)c2=O. The van der Waals surface area contributed by atoms with Gasteiger partial charge in [-0.2, -0.15) is 0 Å². The van der Waals surface area contributed by atoms with E-state index in [1.165, 1.54) is 22.9 Å². The first-order valence-electron chi connectivity index (χ1n) is 10.7. The van der Waals surface area contributed by atoms with Crippen molar-refractivity contribution in [3.8, 4) is 0 Å². The first-order chi connectivity index (χ1) is 16.3. The summed E-state index contributed by atoms with van der Waals surface area (Å²) in [5.74, 6) is 0.697. The molecule has 2 aromatic rings. The smallest absolute Gasteiger partial charge is 0.343 e. The molecule has 1 saturated heterocycles. The number of nitrogens with zero attached hydrogens (tertiary/aromatic N) is 2. The zero-order valence-corrected chi connectivity index (χ0v) is 20.3. The predicted octanol–water partition coefficient (Wildman–Crippen LogP) is 2.42. The molecule has 0 radical (unpaired) electrons. The summed E-state index contributed by atoms with van der Waals surface area (Å²) >= 11 is 2.02. The van der Waals surface area contributed by atoms with E-state index in [0.717, 1.165) is 0 Å². The van der Waals surface area contributed by atoms with Crippen molar-refractivity contribution in [2.45, 2.75) is 38.1 Å². The Morgan fingerprint density at radius 2 is 2.06 bits per heavy atom. The number of fused-ring (bicyclic) bond motifs is 2. The third kappa shape index (κ3) is 3.36. The van der Waals surface area contributed by atoms with Gasteiger partial charge in [0.2, 0.25) is 0 Å². The number of carbonyl (C=O) groups excluding carboxylic acids is 2. The van der Waals surface area contributed by atoms with Crippen LogP contribution in [-0.2, 0) is 37.8 Å². The number of allylic oxidation sites excluding steroid dienone is 3. The van der Waals surface area contributed by atoms with Crippen molar-refractivity contribution >= 4 is 45.8 Å². The maximum Gasteiger partial charge on any atom is 0.343 e. The number of carbonyl (C=O) groups is 1. The number of cyclic esters (lactones) is 1. The highest BCUT2D eigenvalue weighted by molar-refractivity contribution is 14.1. The number of hydrogen-bond acceptors (Lipinski definition) is 7. The van der Waals surface area contributed by atoms with Gasteiger partial charge in [0.05, 0.1) is 51.9 Å². The molecule has 4 heterocycles. The Balaban J connectivity index is 1.63. The fourth-order valence-electron chi connectivity index (χ4n) is 4.60. The van der Waals surface area contributed by atoms with Crippen molar-refractivity contribution in [2.75, 3.05) is 18.1 Å². The first kappa shape index (κ1) is 23.0. The Kier molecular flexibility index (Phi) is 5.71. The summed E-state index contributed by atoms with van der Waals surface area (Å²) in [6.45, 7) is 2.41. The van der Waals surface area contributed by atoms with E-state index in [2.05, 4.69) is 0 Å². The van der Waals surface area contributed by atoms with Crippen LogP contribution in [0, 0.1) is 5.82 Å². The van der Waals surface area contributed by atoms with E-state index in [-0.39, 0.29) is 42.3 Å². The number of aromatic nitrogens is 1. The lowest BCUT2D eigenvalue weighted by Crippen LogP contribution is -2.51. The van der Waals surface area contributed by atoms with E-state index in [0.29, 0.717) is 33.7 Å². The molecule has 1 N–H and O–H groups in total. The molecular weight excluding hydrogens is 558 g/mol. The molecule has 34 heavy (non-hydrogen) atoms. The molecule has 0 spiro atoms. The number of rotatable bonds is 4. The third-order valence-corrected chi connectivity index (χ3v) is 7.73. The Labute approximate surface area is 207 Å². The van der Waals surface area contributed by atoms with E-state index < -0.39 is 22.9 Å². The van der Waals surface area contributed by atoms with E-state index in [9.17, 15) is 23.9 Å². The van der Waals surface area contributed by atoms with E-state index >= 15 is 0 Å². The van der Waals surface area contributed by atoms with Gasteiger partial charge < -0.3 is 24.0 Å². The molecule has 0 amide bonds. The Morgan fingerprint density at radius 3 is 2.71 bits per heavy atom. The topological polar surface area (TPSA) is 98.1 Å². The van der Waals surface area contributed by atoms with Crippen LogP contribution < -0.4 is 10.5 Å². The van der Waals surface area contributed by atoms with Crippen LogP contribution in [0.15, 0.2) is 44.5 Å². The van der Waals surface area contributed by atoms with Gasteiger partial charge in [-0.3, -0.25) is 4.79 Å². The number of hydrogen-bond donors (Lipinski definition) is 1. The number of esters is 1. The summed E-state index contributed by atoms with van der Waals surface area (Å²) in [6, 6.07) is 5.77. The number of halogens is 2. The maximum atomic E-state index is 14.0. The Hall–Kier alpha value is -2.79. The number of aliphatic hydroxyl groups is 1. The Morgan fingerprint density at radius 1 is 1.29 bits per heavy atom. The van der Waals surface area contributed by atoms with Gasteiger partial charge in [0, 0.05) is 17.3 Å². The van der Waals surface area contributed by atoms with Gasteiger partial charge in [-0.05, 0) is 53.3 Å². The molecule has 1 aromatic heterocycles. The molecule has 1 fully saturated rings. The van der Waals surface area contributed by atoms with Gasteiger partial charge in [-0.1, -0.05) is 6.92 Å². The summed E-state index contributed by atoms with van der Waals surface area (Å²) in [6.07, 6.45) is 1.60. The molecule has 10 heteroatoms. The highest BCUT2D eigenvalue weighted by atomic mass is 127. The molecule has 3 aliphatic rings. The summed E-state index contributed by atoms with van der Waals surface area (Å²) < 4.78 is 26.5. The van der Waals surface area contributed by atoms with Crippen molar-refractivity contribution in [1.82, 2.24) is 4.57 Å². The van der Waals surface area contributed by atoms with Gasteiger partial charge in [0.1, 0.15) is 18.4 Å². The van der Waals surface area contributed by atoms with E-state index in [1.54, 1.807) is 19.1 Å². The van der Waals surface area contributed by atoms with Crippen molar-refractivity contribution < 1.29 is 28.6 Å². The number of anilines is 1. The summed E-state index contributed by atoms with van der Waals surface area (Å²) in [4.78, 5) is 39.4. The molecule has 0 unspecified atom stereocenters. The zero-order valence-electron chi connectivity index (χ0n) is 18.1. The molecule has 0 aliphatic carbocycles. The van der Waals surface area contributed by atoms with Crippen molar-refractivity contribution in [1.29, 1.82) is 0 Å². The molecule has 8 nitrogen and oxygen atoms in total. The summed E-state index contributed by atoms with van der Waals surface area (Å²) in [5.41, 5.74) is 0.171. The minimum atomic E-state index is -1.86. The van der Waals surface area contributed by atoms with Crippen LogP contribution in [0.4, 0.5) is 10.1 Å². The fourth-order valence-corrected chi connectivity index (χ4v) is 5.43. The second kappa shape index (κ2) is 8.46. The molecule has 5 rings (SSSR count). The van der Waals surface area contributed by atoms with Crippen LogP contribution in [0.5, 0.6) is 0 Å². The van der Waals surface area contributed by atoms with Crippen LogP contribution >= 0.6 is 22.6 Å². The minimum Gasteiger partial charge on any atom is -0.458 e. The highest BCUT2D eigenvalue weighted by Crippen LogP contribution is 2.45. The molecule has 0 saturated carbocycles. The number of benzene rings is 1.